The van der Waals surface area contributed by atoms with Crippen molar-refractivity contribution in [3.8, 4) is 33.4 Å². The van der Waals surface area contributed by atoms with Crippen LogP contribution in [0.25, 0.3) is 54.9 Å². The van der Waals surface area contributed by atoms with Gasteiger partial charge in [-0.1, -0.05) is 139 Å². The van der Waals surface area contributed by atoms with E-state index >= 15 is 0 Å². The van der Waals surface area contributed by atoms with E-state index in [1.54, 1.807) is 30.3 Å². The lowest BCUT2D eigenvalue weighted by atomic mass is 9.99. The number of nitrogens with zero attached hydrogens (tertiary/aromatic N) is 1. The summed E-state index contributed by atoms with van der Waals surface area (Å²) in [4.78, 5) is 1.23. The molecule has 0 atom stereocenters. The van der Waals surface area contributed by atoms with E-state index in [-0.39, 0.29) is 29.0 Å². The number of benzene rings is 8. The normalized spacial score (nSPS) is 15.2. The van der Waals surface area contributed by atoms with Gasteiger partial charge in [-0.25, -0.2) is 0 Å². The summed E-state index contributed by atoms with van der Waals surface area (Å²) in [6.07, 6.45) is 0. The van der Waals surface area contributed by atoms with Crippen LogP contribution in [0.5, 0.6) is 0 Å². The van der Waals surface area contributed by atoms with E-state index in [4.69, 9.17) is 9.60 Å². The van der Waals surface area contributed by atoms with Gasteiger partial charge in [-0.05, 0) is 103 Å². The highest BCUT2D eigenvalue weighted by Gasteiger charge is 2.15. The van der Waals surface area contributed by atoms with Crippen LogP contribution in [-0.2, 0) is 0 Å². The monoisotopic (exact) mass is 586 g/mol. The molecule has 0 fully saturated rings. The summed E-state index contributed by atoms with van der Waals surface area (Å²) in [5, 5.41) is 3.70. The fraction of sp³-hybridized carbons (Fsp3) is 0. The minimum atomic E-state index is -0.721. The lowest BCUT2D eigenvalue weighted by molar-refractivity contribution is 1.28. The second-order valence-corrected chi connectivity index (χ2v) is 10.5. The van der Waals surface area contributed by atoms with Crippen LogP contribution >= 0.6 is 0 Å². The summed E-state index contributed by atoms with van der Waals surface area (Å²) in [7, 11) is 0. The Morgan fingerprint density at radius 3 is 1.60 bits per heavy atom. The molecule has 8 aromatic rings. The molecule has 0 aliphatic carbocycles. The lowest BCUT2D eigenvalue weighted by Crippen LogP contribution is -2.10. The summed E-state index contributed by atoms with van der Waals surface area (Å²) in [6.45, 7) is 0. The van der Waals surface area contributed by atoms with Gasteiger partial charge in [0, 0.05) is 17.1 Å². The Labute approximate surface area is 282 Å². The Balaban J connectivity index is 1.44. The zero-order valence-electron chi connectivity index (χ0n) is 36.8. The Kier molecular flexibility index (Phi) is 4.20. The van der Waals surface area contributed by atoms with Gasteiger partial charge < -0.3 is 4.90 Å². The SMILES string of the molecule is [2H]c1c([2H])c([2H])c(-c2c([2H])c([2H])c(N(c3cccc(-c4ccc5ccccc5c4)c3)c3c([2H])c([2H])c([2H])c(-c4ccc5ccccc5c4)c3[2H])c([2H])c2[2H])c([2H])c1[2H]. The van der Waals surface area contributed by atoms with E-state index in [1.165, 1.54) is 4.90 Å². The molecule has 0 aliphatic rings. The first-order valence-electron chi connectivity index (χ1n) is 20.9. The van der Waals surface area contributed by atoms with Crippen LogP contribution in [0.3, 0.4) is 0 Å². The van der Waals surface area contributed by atoms with E-state index in [2.05, 4.69) is 0 Å². The first kappa shape index (κ1) is 16.2. The maximum atomic E-state index is 9.67. The van der Waals surface area contributed by atoms with Crippen molar-refractivity contribution in [3.05, 3.63) is 188 Å². The number of hydrogen-bond acceptors (Lipinski definition) is 1. The standard InChI is InChI=1S/C44H31N/c1-2-10-32(11-3-1)35-24-26-42(27-25-35)45(43-18-8-16-38(30-43)40-22-20-33-12-4-6-14-36(33)28-40)44-19-9-17-39(31-44)41-23-21-34-13-5-7-15-37(34)29-41/h1-31H/i1D,2D,3D,8D,10D,11D,16D,18D,24D,25D,26D,27D,30D. The summed E-state index contributed by atoms with van der Waals surface area (Å²) in [5.41, 5.74) is 0.410. The molecule has 45 heavy (non-hydrogen) atoms. The van der Waals surface area contributed by atoms with Gasteiger partial charge >= 0.3 is 0 Å². The largest absolute Gasteiger partial charge is 0.310 e. The first-order valence-corrected chi connectivity index (χ1v) is 14.4. The Morgan fingerprint density at radius 2 is 0.911 bits per heavy atom. The molecule has 0 saturated heterocycles. The van der Waals surface area contributed by atoms with E-state index in [9.17, 15) is 8.22 Å². The summed E-state index contributed by atoms with van der Waals surface area (Å²) < 4.78 is 116. The molecule has 1 nitrogen and oxygen atoms in total. The van der Waals surface area contributed by atoms with Gasteiger partial charge in [0.05, 0.1) is 17.8 Å². The Bertz CT molecular complexity index is 2960. The molecule has 0 aliphatic heterocycles. The average molecular weight is 587 g/mol. The van der Waals surface area contributed by atoms with Crippen molar-refractivity contribution < 1.29 is 17.8 Å². The Hall–Kier alpha value is -5.92. The molecular weight excluding hydrogens is 542 g/mol. The fourth-order valence-corrected chi connectivity index (χ4v) is 5.42. The Morgan fingerprint density at radius 1 is 0.333 bits per heavy atom. The molecule has 0 aromatic heterocycles. The van der Waals surface area contributed by atoms with Gasteiger partial charge in [-0.3, -0.25) is 0 Å². The van der Waals surface area contributed by atoms with Crippen molar-refractivity contribution in [2.24, 2.45) is 0 Å². The van der Waals surface area contributed by atoms with Gasteiger partial charge in [0.2, 0.25) is 0 Å². The molecule has 0 bridgehead atoms. The van der Waals surface area contributed by atoms with Crippen molar-refractivity contribution in [3.63, 3.8) is 0 Å². The molecule has 0 unspecified atom stereocenters. The third-order valence-electron chi connectivity index (χ3n) is 7.65. The molecule has 0 amide bonds. The van der Waals surface area contributed by atoms with Gasteiger partial charge in [0.15, 0.2) is 0 Å². The van der Waals surface area contributed by atoms with Crippen molar-refractivity contribution in [2.45, 2.75) is 0 Å². The highest BCUT2D eigenvalue weighted by molar-refractivity contribution is 5.90. The van der Waals surface area contributed by atoms with Crippen LogP contribution in [0.2, 0.25) is 0 Å². The van der Waals surface area contributed by atoms with Gasteiger partial charge in [0.25, 0.3) is 0 Å². The molecule has 0 N–H and O–H groups in total. The second kappa shape index (κ2) is 11.6. The molecular formula is C44H31N. The zero-order valence-corrected chi connectivity index (χ0v) is 23.8. The average Bonchev–Trinajstić information content (AvgIpc) is 3.24. The van der Waals surface area contributed by atoms with Crippen LogP contribution in [0.15, 0.2) is 188 Å². The maximum absolute atomic E-state index is 9.67. The van der Waals surface area contributed by atoms with E-state index in [0.717, 1.165) is 27.1 Å². The van der Waals surface area contributed by atoms with Crippen LogP contribution in [-0.4, -0.2) is 0 Å². The van der Waals surface area contributed by atoms with Gasteiger partial charge in [-0.2, -0.15) is 0 Å². The van der Waals surface area contributed by atoms with E-state index < -0.39 is 83.3 Å². The smallest absolute Gasteiger partial charge is 0.0651 e. The second-order valence-electron chi connectivity index (χ2n) is 10.5. The highest BCUT2D eigenvalue weighted by Crippen LogP contribution is 2.39. The predicted octanol–water partition coefficient (Wildman–Crippen LogP) is 12.5. The maximum Gasteiger partial charge on any atom is 0.0651 e. The summed E-state index contributed by atoms with van der Waals surface area (Å²) in [5.74, 6) is 0. The summed E-state index contributed by atoms with van der Waals surface area (Å²) in [6, 6.07) is 25.3. The molecule has 8 aromatic carbocycles. The number of fused-ring (bicyclic) bond motifs is 2. The van der Waals surface area contributed by atoms with Crippen LogP contribution in [0.1, 0.15) is 17.8 Å². The van der Waals surface area contributed by atoms with Crippen LogP contribution in [0.4, 0.5) is 17.1 Å². The molecule has 0 heterocycles. The topological polar surface area (TPSA) is 3.24 Å². The quantitative estimate of drug-likeness (QED) is 0.187. The number of rotatable bonds is 6. The molecule has 0 spiro atoms. The van der Waals surface area contributed by atoms with Crippen molar-refractivity contribution in [1.29, 1.82) is 0 Å². The number of hydrogen-bond donors (Lipinski definition) is 0. The highest BCUT2D eigenvalue weighted by atomic mass is 15.1. The minimum absolute atomic E-state index is 0.0171. The molecule has 8 rings (SSSR count). The molecule has 0 saturated carbocycles. The predicted molar refractivity (Wildman–Crippen MR) is 192 cm³/mol. The van der Waals surface area contributed by atoms with Crippen molar-refractivity contribution >= 4 is 38.6 Å². The van der Waals surface area contributed by atoms with Gasteiger partial charge in [-0.15, -0.1) is 0 Å². The van der Waals surface area contributed by atoms with Crippen molar-refractivity contribution in [2.75, 3.05) is 4.90 Å². The molecule has 212 valence electrons. The molecule has 0 radical (unpaired) electrons. The fourth-order valence-electron chi connectivity index (χ4n) is 5.42. The number of anilines is 3. The minimum Gasteiger partial charge on any atom is -0.310 e. The van der Waals surface area contributed by atoms with E-state index in [1.807, 2.05) is 78.9 Å². The molecule has 1 heteroatoms. The zero-order chi connectivity index (χ0) is 41.3. The third-order valence-corrected chi connectivity index (χ3v) is 7.65. The van der Waals surface area contributed by atoms with E-state index in [0.29, 0.717) is 11.1 Å². The van der Waals surface area contributed by atoms with Gasteiger partial charge in [0.1, 0.15) is 0 Å². The van der Waals surface area contributed by atoms with Crippen LogP contribution < -0.4 is 4.90 Å². The van der Waals surface area contributed by atoms with Crippen LogP contribution in [0, 0.1) is 0 Å². The first-order chi connectivity index (χ1) is 27.7. The lowest BCUT2D eigenvalue weighted by Gasteiger charge is -2.27. The summed E-state index contributed by atoms with van der Waals surface area (Å²) >= 11 is 0. The van der Waals surface area contributed by atoms with Crippen molar-refractivity contribution in [1.82, 2.24) is 0 Å². The third kappa shape index (κ3) is 5.37.